The van der Waals surface area contributed by atoms with Gasteiger partial charge in [0.1, 0.15) is 0 Å². The topological polar surface area (TPSA) is 58.4 Å². The molecule has 0 aromatic heterocycles. The molecule has 0 spiro atoms. The molecule has 0 atom stereocenters. The van der Waals surface area contributed by atoms with Crippen LogP contribution in [0.25, 0.3) is 0 Å². The van der Waals surface area contributed by atoms with Gasteiger partial charge < -0.3 is 5.32 Å². The minimum absolute atomic E-state index is 0.00406. The van der Waals surface area contributed by atoms with Crippen LogP contribution < -0.4 is 5.32 Å². The number of likely N-dealkylation sites (tertiary alicyclic amines) is 1. The summed E-state index contributed by atoms with van der Waals surface area (Å²) in [6.45, 7) is 2.59. The van der Waals surface area contributed by atoms with Crippen LogP contribution in [0.2, 0.25) is 5.02 Å². The van der Waals surface area contributed by atoms with E-state index in [9.17, 15) is 10.1 Å². The summed E-state index contributed by atoms with van der Waals surface area (Å²) in [5, 5.41) is 14.4. The van der Waals surface area contributed by atoms with Gasteiger partial charge in [-0.3, -0.25) is 15.0 Å². The van der Waals surface area contributed by atoms with Crippen LogP contribution in [-0.2, 0) is 0 Å². The summed E-state index contributed by atoms with van der Waals surface area (Å²) in [6, 6.07) is 4.82. The highest BCUT2D eigenvalue weighted by Crippen LogP contribution is 2.28. The van der Waals surface area contributed by atoms with Crippen LogP contribution >= 0.6 is 11.6 Å². The van der Waals surface area contributed by atoms with E-state index in [2.05, 4.69) is 16.1 Å². The Kier molecular flexibility index (Phi) is 4.83. The average molecular weight is 294 g/mol. The van der Waals surface area contributed by atoms with E-state index in [0.29, 0.717) is 17.6 Å². The van der Waals surface area contributed by atoms with Crippen molar-refractivity contribution < 1.29 is 4.92 Å². The lowest BCUT2D eigenvalue weighted by molar-refractivity contribution is -0.384. The zero-order valence-corrected chi connectivity index (χ0v) is 11.8. The van der Waals surface area contributed by atoms with Gasteiger partial charge in [-0.05, 0) is 18.9 Å². The van der Waals surface area contributed by atoms with Crippen molar-refractivity contribution in [2.45, 2.75) is 18.9 Å². The third kappa shape index (κ3) is 3.62. The third-order valence-electron chi connectivity index (χ3n) is 3.43. The average Bonchev–Trinajstić information content (AvgIpc) is 2.43. The molecule has 1 aliphatic rings. The number of hydrogen-bond acceptors (Lipinski definition) is 4. The number of halogens is 1. The maximum atomic E-state index is 10.7. The Morgan fingerprint density at radius 3 is 2.75 bits per heavy atom. The number of benzene rings is 1. The van der Waals surface area contributed by atoms with Crippen LogP contribution in [0.15, 0.2) is 18.2 Å². The van der Waals surface area contributed by atoms with Crippen molar-refractivity contribution in [3.63, 3.8) is 0 Å². The summed E-state index contributed by atoms with van der Waals surface area (Å²) < 4.78 is 0. The van der Waals surface area contributed by atoms with Gasteiger partial charge in [-0.25, -0.2) is 0 Å². The van der Waals surface area contributed by atoms with E-state index in [0.717, 1.165) is 31.6 Å². The van der Waals surface area contributed by atoms with E-state index < -0.39 is 4.92 Å². The molecule has 0 amide bonds. The molecule has 0 aliphatic carbocycles. The van der Waals surface area contributed by atoms with Gasteiger partial charge in [0.15, 0.2) is 0 Å². The van der Waals surface area contributed by atoms with Crippen LogP contribution in [0, 0.1) is 22.5 Å². The predicted molar refractivity (Wildman–Crippen MR) is 80.0 cm³/mol. The fourth-order valence-corrected chi connectivity index (χ4v) is 2.55. The van der Waals surface area contributed by atoms with Crippen molar-refractivity contribution in [3.8, 4) is 12.3 Å². The molecule has 1 saturated heterocycles. The predicted octanol–water partition coefficient (Wildman–Crippen LogP) is 2.76. The Bertz CT molecular complexity index is 534. The molecule has 0 saturated carbocycles. The molecule has 20 heavy (non-hydrogen) atoms. The lowest BCUT2D eigenvalue weighted by Gasteiger charge is -2.31. The van der Waals surface area contributed by atoms with Crippen molar-refractivity contribution in [1.82, 2.24) is 4.90 Å². The monoisotopic (exact) mass is 293 g/mol. The zero-order valence-electron chi connectivity index (χ0n) is 11.0. The molecular formula is C14H16ClN3O2. The van der Waals surface area contributed by atoms with Gasteiger partial charge in [-0.1, -0.05) is 17.5 Å². The third-order valence-corrected chi connectivity index (χ3v) is 3.74. The van der Waals surface area contributed by atoms with Crippen molar-refractivity contribution in [1.29, 1.82) is 0 Å². The fourth-order valence-electron chi connectivity index (χ4n) is 2.32. The minimum Gasteiger partial charge on any atom is -0.381 e. The number of anilines is 1. The van der Waals surface area contributed by atoms with Crippen LogP contribution in [0.5, 0.6) is 0 Å². The summed E-state index contributed by atoms with van der Waals surface area (Å²) in [7, 11) is 0. The molecule has 1 aliphatic heterocycles. The van der Waals surface area contributed by atoms with E-state index in [-0.39, 0.29) is 5.69 Å². The van der Waals surface area contributed by atoms with Crippen LogP contribution in [0.1, 0.15) is 12.8 Å². The normalized spacial score (nSPS) is 16.6. The number of nitro benzene ring substituents is 1. The van der Waals surface area contributed by atoms with Crippen molar-refractivity contribution in [2.24, 2.45) is 0 Å². The molecule has 106 valence electrons. The number of nitrogens with zero attached hydrogens (tertiary/aromatic N) is 2. The van der Waals surface area contributed by atoms with Crippen LogP contribution in [0.3, 0.4) is 0 Å². The number of hydrogen-bond donors (Lipinski definition) is 1. The van der Waals surface area contributed by atoms with Crippen LogP contribution in [0.4, 0.5) is 11.4 Å². The second-order valence-electron chi connectivity index (χ2n) is 4.82. The maximum Gasteiger partial charge on any atom is 0.271 e. The molecule has 1 aromatic rings. The van der Waals surface area contributed by atoms with Gasteiger partial charge >= 0.3 is 0 Å². The highest BCUT2D eigenvalue weighted by atomic mass is 35.5. The number of nitrogens with one attached hydrogen (secondary N) is 1. The molecule has 0 radical (unpaired) electrons. The highest BCUT2D eigenvalue weighted by Gasteiger charge is 2.19. The molecule has 0 unspecified atom stereocenters. The molecule has 0 bridgehead atoms. The Morgan fingerprint density at radius 2 is 2.20 bits per heavy atom. The Labute approximate surface area is 123 Å². The molecular weight excluding hydrogens is 278 g/mol. The SMILES string of the molecule is C#CCN1CCC(Nc2ccc([N+](=O)[O-])cc2Cl)CC1. The second-order valence-corrected chi connectivity index (χ2v) is 5.23. The molecule has 1 fully saturated rings. The van der Waals surface area contributed by atoms with Gasteiger partial charge in [0.2, 0.25) is 0 Å². The summed E-state index contributed by atoms with van der Waals surface area (Å²) in [5.74, 6) is 2.65. The van der Waals surface area contributed by atoms with Gasteiger partial charge in [0, 0.05) is 31.3 Å². The molecule has 1 N–H and O–H groups in total. The van der Waals surface area contributed by atoms with E-state index in [1.807, 2.05) is 0 Å². The van der Waals surface area contributed by atoms with E-state index in [1.54, 1.807) is 6.07 Å². The smallest absolute Gasteiger partial charge is 0.271 e. The summed E-state index contributed by atoms with van der Waals surface area (Å²) >= 11 is 6.07. The minimum atomic E-state index is -0.450. The quantitative estimate of drug-likeness (QED) is 0.527. The van der Waals surface area contributed by atoms with Gasteiger partial charge in [0.05, 0.1) is 22.2 Å². The Hall–Kier alpha value is -1.77. The number of rotatable bonds is 4. The highest BCUT2D eigenvalue weighted by molar-refractivity contribution is 6.33. The summed E-state index contributed by atoms with van der Waals surface area (Å²) in [4.78, 5) is 12.4. The maximum absolute atomic E-state index is 10.7. The number of nitro groups is 1. The van der Waals surface area contributed by atoms with Crippen molar-refractivity contribution >= 4 is 23.0 Å². The first-order valence-corrected chi connectivity index (χ1v) is 6.84. The first kappa shape index (κ1) is 14.6. The lowest BCUT2D eigenvalue weighted by Crippen LogP contribution is -2.39. The number of non-ortho nitro benzene ring substituents is 1. The van der Waals surface area contributed by atoms with Gasteiger partial charge in [-0.2, -0.15) is 0 Å². The van der Waals surface area contributed by atoms with Gasteiger partial charge in [0.25, 0.3) is 5.69 Å². The molecule has 2 rings (SSSR count). The zero-order chi connectivity index (χ0) is 14.5. The second kappa shape index (κ2) is 6.60. The van der Waals surface area contributed by atoms with Crippen molar-refractivity contribution in [2.75, 3.05) is 25.0 Å². The molecule has 1 aromatic carbocycles. The number of terminal acetylenes is 1. The summed E-state index contributed by atoms with van der Waals surface area (Å²) in [5.41, 5.74) is 0.747. The van der Waals surface area contributed by atoms with Crippen molar-refractivity contribution in [3.05, 3.63) is 33.3 Å². The van der Waals surface area contributed by atoms with Crippen LogP contribution in [-0.4, -0.2) is 35.5 Å². The lowest BCUT2D eigenvalue weighted by atomic mass is 10.0. The molecule has 5 nitrogen and oxygen atoms in total. The number of piperidine rings is 1. The van der Waals surface area contributed by atoms with Gasteiger partial charge in [-0.15, -0.1) is 6.42 Å². The van der Waals surface area contributed by atoms with E-state index in [4.69, 9.17) is 18.0 Å². The first-order valence-electron chi connectivity index (χ1n) is 6.46. The summed E-state index contributed by atoms with van der Waals surface area (Å²) in [6.07, 6.45) is 7.26. The van der Waals surface area contributed by atoms with E-state index >= 15 is 0 Å². The standard InChI is InChI=1S/C14H16ClN3O2/c1-2-7-17-8-5-11(6-9-17)16-14-4-3-12(18(19)20)10-13(14)15/h1,3-4,10-11,16H,5-9H2. The Morgan fingerprint density at radius 1 is 1.50 bits per heavy atom. The Balaban J connectivity index is 1.95. The molecule has 1 heterocycles. The van der Waals surface area contributed by atoms with E-state index in [1.165, 1.54) is 12.1 Å². The fraction of sp³-hybridized carbons (Fsp3) is 0.429. The largest absolute Gasteiger partial charge is 0.381 e. The first-order chi connectivity index (χ1) is 9.60. The molecule has 6 heteroatoms.